The molecule has 9 heteroatoms. The number of carbonyl (C=O) groups excluding carboxylic acids is 2. The lowest BCUT2D eigenvalue weighted by atomic mass is 9.96. The molecule has 2 aliphatic heterocycles. The van der Waals surface area contributed by atoms with Crippen molar-refractivity contribution >= 4 is 11.8 Å². The van der Waals surface area contributed by atoms with Gasteiger partial charge in [-0.1, -0.05) is 24.3 Å². The van der Waals surface area contributed by atoms with Crippen molar-refractivity contribution < 1.29 is 18.4 Å². The molecule has 4 rings (SSSR count). The summed E-state index contributed by atoms with van der Waals surface area (Å²) in [6.45, 7) is 2.49. The standard InChI is InChI=1S/C26H29F2N5O2/c27-20-7-3-18(4-8-20)25(19-5-9-21(28)10-6-19)32-14-12-31(13-15-32)24(34)16-23(30)26(35)33-11-1-2-22(33)17-29/h3-10,22-23,25H,1-2,11-16,30H2/t22?,23-/m0/s1. The van der Waals surface area contributed by atoms with Crippen LogP contribution in [0.1, 0.15) is 36.4 Å². The SMILES string of the molecule is N#CC1CCCN1C(=O)[C@@H](N)CC(=O)N1CCN(C(c2ccc(F)cc2)c2ccc(F)cc2)CC1. The van der Waals surface area contributed by atoms with Crippen LogP contribution in [0, 0.1) is 23.0 Å². The summed E-state index contributed by atoms with van der Waals surface area (Å²) >= 11 is 0. The molecular weight excluding hydrogens is 452 g/mol. The van der Waals surface area contributed by atoms with E-state index in [2.05, 4.69) is 11.0 Å². The molecular formula is C26H29F2N5O2. The third kappa shape index (κ3) is 5.66. The molecule has 184 valence electrons. The first-order valence-corrected chi connectivity index (χ1v) is 11.9. The summed E-state index contributed by atoms with van der Waals surface area (Å²) in [6, 6.07) is 13.0. The zero-order chi connectivity index (χ0) is 24.9. The molecule has 0 aromatic heterocycles. The molecule has 35 heavy (non-hydrogen) atoms. The van der Waals surface area contributed by atoms with E-state index in [1.54, 1.807) is 29.2 Å². The van der Waals surface area contributed by atoms with Crippen LogP contribution in [0.4, 0.5) is 8.78 Å². The van der Waals surface area contributed by atoms with Gasteiger partial charge in [-0.15, -0.1) is 0 Å². The van der Waals surface area contributed by atoms with Gasteiger partial charge in [0.25, 0.3) is 0 Å². The second-order valence-electron chi connectivity index (χ2n) is 9.05. The number of piperazine rings is 1. The highest BCUT2D eigenvalue weighted by molar-refractivity contribution is 5.88. The summed E-state index contributed by atoms with van der Waals surface area (Å²) in [5.41, 5.74) is 7.81. The summed E-state index contributed by atoms with van der Waals surface area (Å²) in [7, 11) is 0. The quantitative estimate of drug-likeness (QED) is 0.684. The second kappa shape index (κ2) is 10.9. The third-order valence-corrected chi connectivity index (χ3v) is 6.80. The van der Waals surface area contributed by atoms with Gasteiger partial charge in [-0.25, -0.2) is 8.78 Å². The van der Waals surface area contributed by atoms with E-state index >= 15 is 0 Å². The zero-order valence-electron chi connectivity index (χ0n) is 19.4. The van der Waals surface area contributed by atoms with Gasteiger partial charge in [-0.05, 0) is 48.2 Å². The molecule has 1 unspecified atom stereocenters. The fourth-order valence-electron chi connectivity index (χ4n) is 4.92. The number of nitriles is 1. The Morgan fingerprint density at radius 2 is 1.49 bits per heavy atom. The van der Waals surface area contributed by atoms with E-state index in [-0.39, 0.29) is 35.9 Å². The van der Waals surface area contributed by atoms with Crippen molar-refractivity contribution in [2.75, 3.05) is 32.7 Å². The van der Waals surface area contributed by atoms with Gasteiger partial charge < -0.3 is 15.5 Å². The van der Waals surface area contributed by atoms with Crippen LogP contribution in [-0.4, -0.2) is 71.3 Å². The number of carbonyl (C=O) groups is 2. The normalized spacial score (nSPS) is 19.6. The fraction of sp³-hybridized carbons (Fsp3) is 0.423. The molecule has 2 amide bonds. The van der Waals surface area contributed by atoms with Gasteiger partial charge in [0.2, 0.25) is 11.8 Å². The van der Waals surface area contributed by atoms with Crippen molar-refractivity contribution in [3.63, 3.8) is 0 Å². The highest BCUT2D eigenvalue weighted by atomic mass is 19.1. The predicted octanol–water partition coefficient (Wildman–Crippen LogP) is 2.43. The van der Waals surface area contributed by atoms with Gasteiger partial charge in [-0.2, -0.15) is 5.26 Å². The molecule has 2 atom stereocenters. The highest BCUT2D eigenvalue weighted by Crippen LogP contribution is 2.30. The Balaban J connectivity index is 1.39. The first-order chi connectivity index (χ1) is 16.9. The predicted molar refractivity (Wildman–Crippen MR) is 126 cm³/mol. The molecule has 0 saturated carbocycles. The molecule has 2 N–H and O–H groups in total. The number of amides is 2. The minimum atomic E-state index is -0.972. The summed E-state index contributed by atoms with van der Waals surface area (Å²) in [5, 5.41) is 9.21. The fourth-order valence-corrected chi connectivity index (χ4v) is 4.92. The van der Waals surface area contributed by atoms with Crippen molar-refractivity contribution in [2.24, 2.45) is 5.73 Å². The molecule has 0 aliphatic carbocycles. The largest absolute Gasteiger partial charge is 0.340 e. The Bertz CT molecular complexity index is 1030. The van der Waals surface area contributed by atoms with Crippen LogP contribution in [0.2, 0.25) is 0 Å². The lowest BCUT2D eigenvalue weighted by Crippen LogP contribution is -2.52. The van der Waals surface area contributed by atoms with Crippen LogP contribution in [-0.2, 0) is 9.59 Å². The first kappa shape index (κ1) is 24.8. The number of halogens is 2. The lowest BCUT2D eigenvalue weighted by molar-refractivity contribution is -0.139. The summed E-state index contributed by atoms with van der Waals surface area (Å²) in [6.07, 6.45) is 1.29. The number of nitrogens with two attached hydrogens (primary N) is 1. The molecule has 0 bridgehead atoms. The van der Waals surface area contributed by atoms with Gasteiger partial charge in [-0.3, -0.25) is 14.5 Å². The van der Waals surface area contributed by atoms with Crippen molar-refractivity contribution in [1.82, 2.24) is 14.7 Å². The van der Waals surface area contributed by atoms with Gasteiger partial charge in [0.05, 0.1) is 24.6 Å². The van der Waals surface area contributed by atoms with Crippen LogP contribution >= 0.6 is 0 Å². The molecule has 2 saturated heterocycles. The van der Waals surface area contributed by atoms with Crippen molar-refractivity contribution in [2.45, 2.75) is 37.4 Å². The number of rotatable bonds is 6. The van der Waals surface area contributed by atoms with Crippen LogP contribution in [0.3, 0.4) is 0 Å². The minimum absolute atomic E-state index is 0.104. The van der Waals surface area contributed by atoms with Crippen molar-refractivity contribution in [3.8, 4) is 6.07 Å². The molecule has 2 aliphatic rings. The number of nitrogens with zero attached hydrogens (tertiary/aromatic N) is 4. The third-order valence-electron chi connectivity index (χ3n) is 6.80. The topological polar surface area (TPSA) is 93.7 Å². The summed E-state index contributed by atoms with van der Waals surface area (Å²) < 4.78 is 27.1. The maximum atomic E-state index is 13.5. The van der Waals surface area contributed by atoms with E-state index in [0.717, 1.165) is 17.5 Å². The Morgan fingerprint density at radius 1 is 0.943 bits per heavy atom. The number of hydrogen-bond donors (Lipinski definition) is 1. The molecule has 0 radical (unpaired) electrons. The highest BCUT2D eigenvalue weighted by Gasteiger charge is 2.34. The molecule has 2 aromatic carbocycles. The molecule has 0 spiro atoms. The van der Waals surface area contributed by atoms with Gasteiger partial charge in [0, 0.05) is 32.7 Å². The van der Waals surface area contributed by atoms with Gasteiger partial charge >= 0.3 is 0 Å². The smallest absolute Gasteiger partial charge is 0.241 e. The van der Waals surface area contributed by atoms with Crippen LogP contribution in [0.15, 0.2) is 48.5 Å². The van der Waals surface area contributed by atoms with Crippen LogP contribution < -0.4 is 5.73 Å². The average molecular weight is 482 g/mol. The minimum Gasteiger partial charge on any atom is -0.340 e. The zero-order valence-corrected chi connectivity index (χ0v) is 19.4. The van der Waals surface area contributed by atoms with Crippen LogP contribution in [0.5, 0.6) is 0 Å². The Labute approximate surface area is 203 Å². The van der Waals surface area contributed by atoms with Crippen LogP contribution in [0.25, 0.3) is 0 Å². The van der Waals surface area contributed by atoms with E-state index in [1.807, 2.05) is 0 Å². The molecule has 2 heterocycles. The molecule has 7 nitrogen and oxygen atoms in total. The average Bonchev–Trinajstić information content (AvgIpc) is 3.35. The van der Waals surface area contributed by atoms with E-state index < -0.39 is 12.1 Å². The Hall–Kier alpha value is -3.35. The van der Waals surface area contributed by atoms with Gasteiger partial charge in [0.15, 0.2) is 0 Å². The maximum absolute atomic E-state index is 13.5. The monoisotopic (exact) mass is 481 g/mol. The van der Waals surface area contributed by atoms with E-state index in [9.17, 15) is 23.6 Å². The molecule has 2 fully saturated rings. The van der Waals surface area contributed by atoms with Crippen molar-refractivity contribution in [1.29, 1.82) is 5.26 Å². The number of likely N-dealkylation sites (tertiary alicyclic amines) is 1. The summed E-state index contributed by atoms with van der Waals surface area (Å²) in [5.74, 6) is -1.21. The molecule has 2 aromatic rings. The van der Waals surface area contributed by atoms with Crippen molar-refractivity contribution in [3.05, 3.63) is 71.3 Å². The number of hydrogen-bond acceptors (Lipinski definition) is 5. The maximum Gasteiger partial charge on any atom is 0.241 e. The second-order valence-corrected chi connectivity index (χ2v) is 9.05. The lowest BCUT2D eigenvalue weighted by Gasteiger charge is -2.40. The first-order valence-electron chi connectivity index (χ1n) is 11.9. The summed E-state index contributed by atoms with van der Waals surface area (Å²) in [4.78, 5) is 30.9. The number of benzene rings is 2. The van der Waals surface area contributed by atoms with E-state index in [1.165, 1.54) is 29.2 Å². The van der Waals surface area contributed by atoms with E-state index in [0.29, 0.717) is 39.1 Å². The van der Waals surface area contributed by atoms with E-state index in [4.69, 9.17) is 5.73 Å². The Morgan fingerprint density at radius 3 is 2.00 bits per heavy atom. The Kier molecular flexibility index (Phi) is 7.73. The van der Waals surface area contributed by atoms with Gasteiger partial charge in [0.1, 0.15) is 17.7 Å².